The van der Waals surface area contributed by atoms with Crippen molar-refractivity contribution >= 4 is 15.9 Å². The molecule has 2 aliphatic rings. The van der Waals surface area contributed by atoms with Gasteiger partial charge in [0.05, 0.1) is 18.2 Å². The van der Waals surface area contributed by atoms with Crippen molar-refractivity contribution in [2.75, 3.05) is 32.0 Å². The quantitative estimate of drug-likeness (QED) is 0.657. The van der Waals surface area contributed by atoms with Crippen molar-refractivity contribution in [2.24, 2.45) is 5.92 Å². The number of hydrogen-bond donors (Lipinski definition) is 1. The van der Waals surface area contributed by atoms with Gasteiger partial charge in [0.1, 0.15) is 12.7 Å². The standard InChI is InChI=1S/C24H30N2O5S/c27-24(25-16-21-18-30-22-12-4-5-13-23(22)31-21)20-11-6-14-26(17-20)32(28,29)15-7-10-19-8-2-1-3-9-19/h1-5,8-9,12-13,20-21H,6-7,10-11,14-18H2,(H,25,27)/t20-,21-/m0/s1. The molecule has 1 N–H and O–H groups in total. The summed E-state index contributed by atoms with van der Waals surface area (Å²) in [5, 5.41) is 2.92. The lowest BCUT2D eigenvalue weighted by Crippen LogP contribution is -2.48. The van der Waals surface area contributed by atoms with Gasteiger partial charge in [0, 0.05) is 13.1 Å². The molecule has 172 valence electrons. The van der Waals surface area contributed by atoms with E-state index in [-0.39, 0.29) is 30.2 Å². The monoisotopic (exact) mass is 458 g/mol. The van der Waals surface area contributed by atoms with Gasteiger partial charge in [0.25, 0.3) is 0 Å². The van der Waals surface area contributed by atoms with E-state index in [4.69, 9.17) is 9.47 Å². The summed E-state index contributed by atoms with van der Waals surface area (Å²) >= 11 is 0. The first-order valence-electron chi connectivity index (χ1n) is 11.2. The number of nitrogens with one attached hydrogen (secondary N) is 1. The van der Waals surface area contributed by atoms with Crippen LogP contribution in [0.15, 0.2) is 54.6 Å². The van der Waals surface area contributed by atoms with Crippen molar-refractivity contribution in [2.45, 2.75) is 31.8 Å². The van der Waals surface area contributed by atoms with Crippen LogP contribution in [0.2, 0.25) is 0 Å². The van der Waals surface area contributed by atoms with Crippen LogP contribution in [-0.4, -0.2) is 56.7 Å². The zero-order valence-corrected chi connectivity index (χ0v) is 18.9. The number of carbonyl (C=O) groups is 1. The van der Waals surface area contributed by atoms with Crippen molar-refractivity contribution in [3.05, 3.63) is 60.2 Å². The molecule has 2 aliphatic heterocycles. The van der Waals surface area contributed by atoms with Crippen LogP contribution in [0.5, 0.6) is 11.5 Å². The third-order valence-electron chi connectivity index (χ3n) is 5.93. The number of carbonyl (C=O) groups excluding carboxylic acids is 1. The second kappa shape index (κ2) is 10.4. The summed E-state index contributed by atoms with van der Waals surface area (Å²) in [5.41, 5.74) is 1.13. The maximum absolute atomic E-state index is 12.8. The molecule has 0 spiro atoms. The van der Waals surface area contributed by atoms with Gasteiger partial charge < -0.3 is 14.8 Å². The molecule has 1 fully saturated rings. The average Bonchev–Trinajstić information content (AvgIpc) is 2.83. The number of aryl methyl sites for hydroxylation is 1. The van der Waals surface area contributed by atoms with E-state index in [1.54, 1.807) is 0 Å². The van der Waals surface area contributed by atoms with Crippen LogP contribution in [0.1, 0.15) is 24.8 Å². The van der Waals surface area contributed by atoms with Crippen LogP contribution in [0.4, 0.5) is 0 Å². The van der Waals surface area contributed by atoms with Gasteiger partial charge in [-0.2, -0.15) is 0 Å². The van der Waals surface area contributed by atoms with E-state index in [2.05, 4.69) is 5.32 Å². The fourth-order valence-corrected chi connectivity index (χ4v) is 5.75. The van der Waals surface area contributed by atoms with Gasteiger partial charge in [-0.1, -0.05) is 42.5 Å². The molecule has 1 saturated heterocycles. The van der Waals surface area contributed by atoms with Crippen molar-refractivity contribution in [3.8, 4) is 11.5 Å². The average molecular weight is 459 g/mol. The highest BCUT2D eigenvalue weighted by Crippen LogP contribution is 2.30. The molecule has 7 nitrogen and oxygen atoms in total. The Kier molecular flexibility index (Phi) is 7.32. The van der Waals surface area contributed by atoms with E-state index >= 15 is 0 Å². The third kappa shape index (κ3) is 5.81. The maximum Gasteiger partial charge on any atom is 0.224 e. The highest BCUT2D eigenvalue weighted by molar-refractivity contribution is 7.89. The van der Waals surface area contributed by atoms with Gasteiger partial charge in [-0.05, 0) is 43.4 Å². The Bertz CT molecular complexity index is 1010. The molecule has 2 aromatic rings. The highest BCUT2D eigenvalue weighted by atomic mass is 32.2. The summed E-state index contributed by atoms with van der Waals surface area (Å²) in [7, 11) is -3.38. The van der Waals surface area contributed by atoms with E-state index in [1.165, 1.54) is 4.31 Å². The zero-order chi connectivity index (χ0) is 22.4. The number of para-hydroxylation sites is 2. The predicted octanol–water partition coefficient (Wildman–Crippen LogP) is 2.62. The fourth-order valence-electron chi connectivity index (χ4n) is 4.16. The molecule has 32 heavy (non-hydrogen) atoms. The van der Waals surface area contributed by atoms with E-state index in [1.807, 2.05) is 54.6 Å². The van der Waals surface area contributed by atoms with Crippen molar-refractivity contribution in [3.63, 3.8) is 0 Å². The number of rotatable bonds is 8. The van der Waals surface area contributed by atoms with Crippen LogP contribution in [0.3, 0.4) is 0 Å². The summed E-state index contributed by atoms with van der Waals surface area (Å²) in [5.74, 6) is 1.00. The second-order valence-corrected chi connectivity index (χ2v) is 10.4. The molecular weight excluding hydrogens is 428 g/mol. The van der Waals surface area contributed by atoms with E-state index < -0.39 is 10.0 Å². The van der Waals surface area contributed by atoms with Gasteiger partial charge in [-0.3, -0.25) is 4.79 Å². The molecule has 0 saturated carbocycles. The Morgan fingerprint density at radius 3 is 2.62 bits per heavy atom. The minimum Gasteiger partial charge on any atom is -0.486 e. The number of amides is 1. The summed E-state index contributed by atoms with van der Waals surface area (Å²) in [4.78, 5) is 12.7. The van der Waals surface area contributed by atoms with Crippen LogP contribution in [-0.2, 0) is 21.2 Å². The molecule has 8 heteroatoms. The summed E-state index contributed by atoms with van der Waals surface area (Å²) in [6.07, 6.45) is 2.40. The fraction of sp³-hybridized carbons (Fsp3) is 0.458. The molecule has 0 unspecified atom stereocenters. The van der Waals surface area contributed by atoms with E-state index in [0.717, 1.165) is 12.0 Å². The lowest BCUT2D eigenvalue weighted by atomic mass is 9.99. The number of nitrogens with zero attached hydrogens (tertiary/aromatic N) is 1. The first-order valence-corrected chi connectivity index (χ1v) is 12.8. The Morgan fingerprint density at radius 2 is 1.81 bits per heavy atom. The van der Waals surface area contributed by atoms with Gasteiger partial charge in [-0.15, -0.1) is 0 Å². The normalized spacial score (nSPS) is 21.1. The topological polar surface area (TPSA) is 84.9 Å². The smallest absolute Gasteiger partial charge is 0.224 e. The largest absolute Gasteiger partial charge is 0.486 e. The molecule has 2 atom stereocenters. The molecule has 4 rings (SSSR count). The molecule has 0 aliphatic carbocycles. The van der Waals surface area contributed by atoms with Crippen LogP contribution < -0.4 is 14.8 Å². The molecular formula is C24H30N2O5S. The predicted molar refractivity (Wildman–Crippen MR) is 122 cm³/mol. The molecule has 0 aromatic heterocycles. The molecule has 0 radical (unpaired) electrons. The third-order valence-corrected chi connectivity index (χ3v) is 7.85. The van der Waals surface area contributed by atoms with Gasteiger partial charge in [0.15, 0.2) is 11.5 Å². The lowest BCUT2D eigenvalue weighted by molar-refractivity contribution is -0.126. The first-order chi connectivity index (χ1) is 15.5. The zero-order valence-electron chi connectivity index (χ0n) is 18.1. The van der Waals surface area contributed by atoms with Crippen molar-refractivity contribution in [1.29, 1.82) is 0 Å². The molecule has 2 heterocycles. The Balaban J connectivity index is 1.24. The lowest BCUT2D eigenvalue weighted by Gasteiger charge is -2.32. The minimum absolute atomic E-state index is 0.100. The minimum atomic E-state index is -3.38. The first kappa shape index (κ1) is 22.6. The molecule has 0 bridgehead atoms. The number of piperidine rings is 1. The van der Waals surface area contributed by atoms with Crippen LogP contribution in [0.25, 0.3) is 0 Å². The van der Waals surface area contributed by atoms with Gasteiger partial charge >= 0.3 is 0 Å². The second-order valence-electron chi connectivity index (χ2n) is 8.35. The summed E-state index contributed by atoms with van der Waals surface area (Å²) < 4.78 is 38.7. The number of benzene rings is 2. The van der Waals surface area contributed by atoms with Crippen molar-refractivity contribution < 1.29 is 22.7 Å². The summed E-state index contributed by atoms with van der Waals surface area (Å²) in [6, 6.07) is 17.3. The van der Waals surface area contributed by atoms with E-state index in [0.29, 0.717) is 50.5 Å². The number of hydrogen-bond acceptors (Lipinski definition) is 5. The van der Waals surface area contributed by atoms with Crippen LogP contribution in [0, 0.1) is 5.92 Å². The Hall–Kier alpha value is -2.58. The number of fused-ring (bicyclic) bond motifs is 1. The number of sulfonamides is 1. The van der Waals surface area contributed by atoms with Crippen molar-refractivity contribution in [1.82, 2.24) is 9.62 Å². The van der Waals surface area contributed by atoms with Crippen LogP contribution >= 0.6 is 0 Å². The SMILES string of the molecule is O=C(NC[C@H]1COc2ccccc2O1)[C@H]1CCCN(S(=O)(=O)CCCc2ccccc2)C1. The highest BCUT2D eigenvalue weighted by Gasteiger charge is 2.32. The Labute approximate surface area is 189 Å². The molecule has 1 amide bonds. The molecule has 2 aromatic carbocycles. The van der Waals surface area contributed by atoms with Gasteiger partial charge in [0.2, 0.25) is 15.9 Å². The maximum atomic E-state index is 12.8. The Morgan fingerprint density at radius 1 is 1.06 bits per heavy atom. The van der Waals surface area contributed by atoms with E-state index in [9.17, 15) is 13.2 Å². The summed E-state index contributed by atoms with van der Waals surface area (Å²) in [6.45, 7) is 1.41. The van der Waals surface area contributed by atoms with Gasteiger partial charge in [-0.25, -0.2) is 12.7 Å². The number of ether oxygens (including phenoxy) is 2.